The zero-order valence-electron chi connectivity index (χ0n) is 25.2. The van der Waals surface area contributed by atoms with Gasteiger partial charge in [0.1, 0.15) is 17.3 Å². The van der Waals surface area contributed by atoms with Crippen LogP contribution in [0.4, 0.5) is 26.6 Å². The van der Waals surface area contributed by atoms with E-state index in [2.05, 4.69) is 37.1 Å². The Morgan fingerprint density at radius 1 is 1.05 bits per heavy atom. The van der Waals surface area contributed by atoms with Gasteiger partial charge in [0.15, 0.2) is 0 Å². The van der Waals surface area contributed by atoms with E-state index < -0.39 is 11.8 Å². The number of halogens is 1. The van der Waals surface area contributed by atoms with Crippen molar-refractivity contribution in [3.05, 3.63) is 88.2 Å². The number of nitrogens with one attached hydrogen (secondary N) is 3. The monoisotopic (exact) mass is 593 g/mol. The Morgan fingerprint density at radius 3 is 2.41 bits per heavy atom. The van der Waals surface area contributed by atoms with Gasteiger partial charge >= 0.3 is 6.03 Å². The Bertz CT molecular complexity index is 1980. The van der Waals surface area contributed by atoms with E-state index in [4.69, 9.17) is 5.26 Å². The maximum atomic E-state index is 15.0. The third-order valence-corrected chi connectivity index (χ3v) is 7.00. The number of nitrogens with zero attached hydrogens (tertiary/aromatic N) is 6. The van der Waals surface area contributed by atoms with Crippen LogP contribution in [0.2, 0.25) is 0 Å². The molecule has 5 rings (SSSR count). The van der Waals surface area contributed by atoms with E-state index in [1.54, 1.807) is 58.9 Å². The summed E-state index contributed by atoms with van der Waals surface area (Å²) in [6.45, 7) is 9.74. The number of nitriles is 1. The first-order valence-corrected chi connectivity index (χ1v) is 14.0. The third kappa shape index (κ3) is 5.85. The molecule has 11 nitrogen and oxygen atoms in total. The number of amides is 2. The van der Waals surface area contributed by atoms with Crippen LogP contribution in [0, 0.1) is 17.1 Å². The van der Waals surface area contributed by atoms with E-state index in [9.17, 15) is 9.59 Å². The zero-order chi connectivity index (χ0) is 31.8. The maximum Gasteiger partial charge on any atom is 0.324 e. The molecule has 0 bridgehead atoms. The Kier molecular flexibility index (Phi) is 7.89. The lowest BCUT2D eigenvalue weighted by Crippen LogP contribution is -2.25. The van der Waals surface area contributed by atoms with Crippen LogP contribution in [0.25, 0.3) is 27.8 Å². The van der Waals surface area contributed by atoms with E-state index in [-0.39, 0.29) is 22.7 Å². The summed E-state index contributed by atoms with van der Waals surface area (Å²) < 4.78 is 18.1. The first-order valence-electron chi connectivity index (χ1n) is 14.0. The molecule has 0 aliphatic rings. The zero-order valence-corrected chi connectivity index (χ0v) is 25.2. The van der Waals surface area contributed by atoms with Gasteiger partial charge in [-0.25, -0.2) is 18.9 Å². The summed E-state index contributed by atoms with van der Waals surface area (Å²) in [6, 6.07) is 15.4. The van der Waals surface area contributed by atoms with Gasteiger partial charge < -0.3 is 10.6 Å². The van der Waals surface area contributed by atoms with Crippen LogP contribution in [0.1, 0.15) is 51.9 Å². The van der Waals surface area contributed by atoms with Crippen molar-refractivity contribution in [1.29, 1.82) is 5.26 Å². The summed E-state index contributed by atoms with van der Waals surface area (Å²) >= 11 is 0. The van der Waals surface area contributed by atoms with Crippen LogP contribution in [0.5, 0.6) is 0 Å². The largest absolute Gasteiger partial charge is 0.357 e. The minimum absolute atomic E-state index is 0.113. The van der Waals surface area contributed by atoms with Gasteiger partial charge in [-0.05, 0) is 61.9 Å². The van der Waals surface area contributed by atoms with Crippen molar-refractivity contribution in [3.63, 3.8) is 0 Å². The smallest absolute Gasteiger partial charge is 0.324 e. The molecular weight excluding hydrogens is 561 g/mol. The summed E-state index contributed by atoms with van der Waals surface area (Å²) in [5.41, 5.74) is 2.29. The Hall–Kier alpha value is -5.57. The number of anilines is 3. The molecule has 0 fully saturated rings. The van der Waals surface area contributed by atoms with Crippen molar-refractivity contribution >= 4 is 34.5 Å². The first kappa shape index (κ1) is 29.9. The van der Waals surface area contributed by atoms with Crippen molar-refractivity contribution in [2.24, 2.45) is 0 Å². The van der Waals surface area contributed by atoms with Crippen LogP contribution >= 0.6 is 0 Å². The summed E-state index contributed by atoms with van der Waals surface area (Å²) in [6.07, 6.45) is 1.62. The number of carbonyl (C=O) groups is 1. The van der Waals surface area contributed by atoms with Gasteiger partial charge in [0, 0.05) is 41.7 Å². The van der Waals surface area contributed by atoms with Crippen LogP contribution in [0.15, 0.2) is 65.6 Å². The molecule has 0 aliphatic heterocycles. The molecule has 0 spiro atoms. The average Bonchev–Trinajstić information content (AvgIpc) is 3.41. The van der Waals surface area contributed by atoms with Gasteiger partial charge in [-0.15, -0.1) is 0 Å². The standard InChI is InChI=1S/C32H32FN9O2/c1-18(2)41-28-21(17-36-30(35-6)39-28)13-23(29(41)43)20-9-12-24(33)25(14-20)37-31(44)38-27-15-26(32(3,4)5)40-42(27)22-10-7-19(16-34)8-11-22/h7-15,17-18H,1-6H3,(H,35,36,39)(H2,37,38,44). The number of carbonyl (C=O) groups excluding carboxylic acids is 1. The van der Waals surface area contributed by atoms with Crippen LogP contribution in [-0.2, 0) is 5.41 Å². The fourth-order valence-corrected chi connectivity index (χ4v) is 4.70. The number of pyridine rings is 1. The number of aromatic nitrogens is 5. The van der Waals surface area contributed by atoms with Gasteiger partial charge in [-0.1, -0.05) is 26.8 Å². The van der Waals surface area contributed by atoms with Crippen LogP contribution in [0.3, 0.4) is 0 Å². The number of fused-ring (bicyclic) bond motifs is 1. The quantitative estimate of drug-likeness (QED) is 0.212. The second-order valence-corrected chi connectivity index (χ2v) is 11.6. The fraction of sp³-hybridized carbons (Fsp3) is 0.250. The summed E-state index contributed by atoms with van der Waals surface area (Å²) in [5, 5.41) is 22.7. The fourth-order valence-electron chi connectivity index (χ4n) is 4.70. The van der Waals surface area contributed by atoms with Crippen molar-refractivity contribution in [3.8, 4) is 22.9 Å². The lowest BCUT2D eigenvalue weighted by molar-refractivity contribution is 0.262. The molecule has 0 unspecified atom stereocenters. The van der Waals surface area contributed by atoms with Gasteiger partial charge in [-0.2, -0.15) is 15.3 Å². The Labute approximate surface area is 253 Å². The molecule has 12 heteroatoms. The second kappa shape index (κ2) is 11.6. The molecule has 3 heterocycles. The molecule has 0 radical (unpaired) electrons. The minimum atomic E-state index is -0.706. The van der Waals surface area contributed by atoms with Crippen LogP contribution in [-0.4, -0.2) is 37.4 Å². The predicted octanol–water partition coefficient (Wildman–Crippen LogP) is 6.22. The van der Waals surface area contributed by atoms with Crippen molar-refractivity contribution in [2.75, 3.05) is 23.0 Å². The number of hydrogen-bond acceptors (Lipinski definition) is 7. The van der Waals surface area contributed by atoms with E-state index in [1.165, 1.54) is 18.2 Å². The van der Waals surface area contributed by atoms with E-state index in [0.717, 1.165) is 0 Å². The van der Waals surface area contributed by atoms with Gasteiger partial charge in [-0.3, -0.25) is 14.7 Å². The number of benzene rings is 2. The lowest BCUT2D eigenvalue weighted by Gasteiger charge is -2.16. The van der Waals surface area contributed by atoms with E-state index >= 15 is 4.39 Å². The molecule has 0 aliphatic carbocycles. The highest BCUT2D eigenvalue weighted by molar-refractivity contribution is 6.00. The topological polar surface area (TPSA) is 143 Å². The summed E-state index contributed by atoms with van der Waals surface area (Å²) in [7, 11) is 1.70. The van der Waals surface area contributed by atoms with Crippen molar-refractivity contribution in [2.45, 2.75) is 46.1 Å². The molecule has 3 N–H and O–H groups in total. The second-order valence-electron chi connectivity index (χ2n) is 11.6. The van der Waals surface area contributed by atoms with Gasteiger partial charge in [0.25, 0.3) is 5.56 Å². The van der Waals surface area contributed by atoms with Gasteiger partial charge in [0.2, 0.25) is 5.95 Å². The molecule has 2 aromatic carbocycles. The first-order chi connectivity index (χ1) is 20.9. The summed E-state index contributed by atoms with van der Waals surface area (Å²) in [5.74, 6) is 0.0595. The maximum absolute atomic E-state index is 15.0. The third-order valence-electron chi connectivity index (χ3n) is 7.00. The van der Waals surface area contributed by atoms with Crippen LogP contribution < -0.4 is 21.5 Å². The highest BCUT2D eigenvalue weighted by atomic mass is 19.1. The number of rotatable bonds is 6. The molecule has 3 aromatic heterocycles. The molecule has 0 saturated carbocycles. The molecule has 224 valence electrons. The number of urea groups is 1. The Morgan fingerprint density at radius 2 is 1.77 bits per heavy atom. The average molecular weight is 594 g/mol. The highest BCUT2D eigenvalue weighted by Gasteiger charge is 2.22. The van der Waals surface area contributed by atoms with E-state index in [1.807, 2.05) is 34.6 Å². The van der Waals surface area contributed by atoms with Gasteiger partial charge in [0.05, 0.1) is 28.7 Å². The minimum Gasteiger partial charge on any atom is -0.357 e. The molecule has 5 aromatic rings. The normalized spacial score (nSPS) is 11.4. The molecule has 2 amide bonds. The molecular formula is C32H32FN9O2. The van der Waals surface area contributed by atoms with Crippen molar-refractivity contribution < 1.29 is 9.18 Å². The molecule has 44 heavy (non-hydrogen) atoms. The Balaban J connectivity index is 1.49. The van der Waals surface area contributed by atoms with E-state index in [0.29, 0.717) is 50.9 Å². The highest BCUT2D eigenvalue weighted by Crippen LogP contribution is 2.29. The molecule has 0 saturated heterocycles. The summed E-state index contributed by atoms with van der Waals surface area (Å²) in [4.78, 5) is 35.6. The lowest BCUT2D eigenvalue weighted by atomic mass is 9.92. The number of hydrogen-bond donors (Lipinski definition) is 3. The van der Waals surface area contributed by atoms with Crippen molar-refractivity contribution in [1.82, 2.24) is 24.3 Å². The SMILES string of the molecule is CNc1ncc2cc(-c3ccc(F)c(NC(=O)Nc4cc(C(C)(C)C)nn4-c4ccc(C#N)cc4)c3)c(=O)n(C(C)C)c2n1. The molecule has 0 atom stereocenters. The predicted molar refractivity (Wildman–Crippen MR) is 169 cm³/mol.